The maximum Gasteiger partial charge on any atom is 0.247 e. The molecule has 33 heavy (non-hydrogen) atoms. The van der Waals surface area contributed by atoms with E-state index < -0.39 is 0 Å². The molecule has 164 valence electrons. The lowest BCUT2D eigenvalue weighted by molar-refractivity contribution is 0.414. The van der Waals surface area contributed by atoms with Gasteiger partial charge in [-0.15, -0.1) is 20.4 Å². The Morgan fingerprint density at radius 1 is 0.848 bits per heavy atom. The van der Waals surface area contributed by atoms with Crippen molar-refractivity contribution in [2.75, 3.05) is 7.11 Å². The molecule has 0 amide bonds. The molecule has 2 aromatic heterocycles. The Hall–Kier alpha value is -3.91. The van der Waals surface area contributed by atoms with Crippen LogP contribution in [0.25, 0.3) is 28.5 Å². The van der Waals surface area contributed by atoms with Crippen molar-refractivity contribution in [3.05, 3.63) is 90.3 Å². The number of hydrogen-bond donors (Lipinski definition) is 0. The third-order valence-electron chi connectivity index (χ3n) is 5.05. The highest BCUT2D eigenvalue weighted by atomic mass is 32.2. The van der Waals surface area contributed by atoms with E-state index in [0.717, 1.165) is 39.1 Å². The maximum atomic E-state index is 5.86. The number of benzene rings is 3. The molecule has 0 saturated carbocycles. The molecule has 7 nitrogen and oxygen atoms in total. The first-order valence-corrected chi connectivity index (χ1v) is 11.4. The Balaban J connectivity index is 1.46. The Labute approximate surface area is 195 Å². The van der Waals surface area contributed by atoms with Crippen molar-refractivity contribution in [2.24, 2.45) is 0 Å². The van der Waals surface area contributed by atoms with Crippen molar-refractivity contribution in [3.8, 4) is 34.3 Å². The largest absolute Gasteiger partial charge is 0.497 e. The van der Waals surface area contributed by atoms with E-state index in [1.807, 2.05) is 71.3 Å². The van der Waals surface area contributed by atoms with Crippen molar-refractivity contribution >= 4 is 11.8 Å². The first kappa shape index (κ1) is 21.0. The molecule has 0 atom stereocenters. The van der Waals surface area contributed by atoms with Crippen LogP contribution < -0.4 is 4.74 Å². The summed E-state index contributed by atoms with van der Waals surface area (Å²) in [5.41, 5.74) is 3.99. The van der Waals surface area contributed by atoms with Gasteiger partial charge in [0, 0.05) is 16.8 Å². The summed E-state index contributed by atoms with van der Waals surface area (Å²) in [6, 6.07) is 25.8. The molecule has 0 aliphatic carbocycles. The molecule has 5 rings (SSSR count). The van der Waals surface area contributed by atoms with Crippen LogP contribution in [0.5, 0.6) is 5.75 Å². The van der Waals surface area contributed by atoms with Gasteiger partial charge in [0.15, 0.2) is 11.0 Å². The second-order valence-corrected chi connectivity index (χ2v) is 8.31. The van der Waals surface area contributed by atoms with Crippen LogP contribution in [0.2, 0.25) is 0 Å². The van der Waals surface area contributed by atoms with Crippen LogP contribution in [0.15, 0.2) is 88.4 Å². The van der Waals surface area contributed by atoms with Crippen LogP contribution in [-0.4, -0.2) is 32.1 Å². The molecule has 0 radical (unpaired) electrons. The number of aromatic nitrogens is 5. The molecule has 0 fully saturated rings. The van der Waals surface area contributed by atoms with Crippen molar-refractivity contribution in [1.82, 2.24) is 25.0 Å². The average Bonchev–Trinajstić information content (AvgIpc) is 3.51. The first-order chi connectivity index (χ1) is 16.2. The van der Waals surface area contributed by atoms with Gasteiger partial charge in [-0.25, -0.2) is 0 Å². The lowest BCUT2D eigenvalue weighted by Crippen LogP contribution is -2.00. The highest BCUT2D eigenvalue weighted by molar-refractivity contribution is 7.98. The number of rotatable bonds is 7. The normalized spacial score (nSPS) is 11.0. The number of nitrogens with zero attached hydrogens (tertiary/aromatic N) is 5. The van der Waals surface area contributed by atoms with Crippen LogP contribution in [0.3, 0.4) is 0 Å². The van der Waals surface area contributed by atoms with Gasteiger partial charge >= 0.3 is 0 Å². The Bertz CT molecular complexity index is 1360. The van der Waals surface area contributed by atoms with Crippen LogP contribution in [-0.2, 0) is 5.75 Å². The summed E-state index contributed by atoms with van der Waals surface area (Å²) in [6.07, 6.45) is 0. The quantitative estimate of drug-likeness (QED) is 0.296. The predicted molar refractivity (Wildman–Crippen MR) is 127 cm³/mol. The van der Waals surface area contributed by atoms with Gasteiger partial charge in [-0.05, 0) is 49.4 Å². The van der Waals surface area contributed by atoms with Crippen LogP contribution >= 0.6 is 11.8 Å². The summed E-state index contributed by atoms with van der Waals surface area (Å²) >= 11 is 1.50. The minimum Gasteiger partial charge on any atom is -0.497 e. The van der Waals surface area contributed by atoms with Crippen molar-refractivity contribution in [1.29, 1.82) is 0 Å². The molecule has 0 saturated heterocycles. The summed E-state index contributed by atoms with van der Waals surface area (Å²) in [4.78, 5) is 0. The van der Waals surface area contributed by atoms with Gasteiger partial charge < -0.3 is 9.15 Å². The Morgan fingerprint density at radius 2 is 1.64 bits per heavy atom. The van der Waals surface area contributed by atoms with Gasteiger partial charge in [0.25, 0.3) is 0 Å². The minimum absolute atomic E-state index is 0.474. The van der Waals surface area contributed by atoms with E-state index in [4.69, 9.17) is 9.15 Å². The van der Waals surface area contributed by atoms with E-state index in [-0.39, 0.29) is 0 Å². The van der Waals surface area contributed by atoms with Crippen molar-refractivity contribution in [2.45, 2.75) is 17.8 Å². The fourth-order valence-corrected chi connectivity index (χ4v) is 4.22. The molecule has 5 aromatic rings. The molecule has 0 spiro atoms. The maximum absolute atomic E-state index is 5.86. The van der Waals surface area contributed by atoms with E-state index in [1.54, 1.807) is 7.11 Å². The summed E-state index contributed by atoms with van der Waals surface area (Å²) in [5, 5.41) is 18.1. The zero-order chi connectivity index (χ0) is 22.6. The fraction of sp³-hybridized carbons (Fsp3) is 0.120. The predicted octanol–water partition coefficient (Wildman–Crippen LogP) is 5.59. The van der Waals surface area contributed by atoms with Gasteiger partial charge in [0.2, 0.25) is 11.8 Å². The molecular weight excluding hydrogens is 434 g/mol. The lowest BCUT2D eigenvalue weighted by Gasteiger charge is -2.11. The highest BCUT2D eigenvalue weighted by Gasteiger charge is 2.18. The third-order valence-corrected chi connectivity index (χ3v) is 5.97. The van der Waals surface area contributed by atoms with Crippen LogP contribution in [0, 0.1) is 6.92 Å². The van der Waals surface area contributed by atoms with Crippen molar-refractivity contribution < 1.29 is 9.15 Å². The molecule has 0 bridgehead atoms. The Morgan fingerprint density at radius 3 is 2.39 bits per heavy atom. The highest BCUT2D eigenvalue weighted by Crippen LogP contribution is 2.31. The molecule has 8 heteroatoms. The van der Waals surface area contributed by atoms with Crippen LogP contribution in [0.4, 0.5) is 0 Å². The number of aryl methyl sites for hydroxylation is 1. The van der Waals surface area contributed by atoms with E-state index in [1.165, 1.54) is 11.8 Å². The number of ether oxygens (including phenoxy) is 1. The monoisotopic (exact) mass is 455 g/mol. The molecule has 0 aliphatic heterocycles. The molecule has 0 N–H and O–H groups in total. The molecule has 0 unspecified atom stereocenters. The molecular formula is C25H21N5O2S. The molecule has 2 heterocycles. The second kappa shape index (κ2) is 9.30. The SMILES string of the molecule is COc1ccc(-n2c(SCc3nnc(-c4ccccc4)o3)nnc2-c2cccc(C)c2)cc1. The van der Waals surface area contributed by atoms with Gasteiger partial charge in [-0.3, -0.25) is 4.57 Å². The number of hydrogen-bond acceptors (Lipinski definition) is 7. The minimum atomic E-state index is 0.474. The third kappa shape index (κ3) is 4.51. The summed E-state index contributed by atoms with van der Waals surface area (Å²) in [6.45, 7) is 2.06. The topological polar surface area (TPSA) is 78.9 Å². The molecule has 3 aromatic carbocycles. The van der Waals surface area contributed by atoms with E-state index in [2.05, 4.69) is 39.5 Å². The van der Waals surface area contributed by atoms with Crippen LogP contribution in [0.1, 0.15) is 11.5 Å². The standard InChI is InChI=1S/C25H21N5O2S/c1-17-7-6-10-19(15-17)23-27-29-25(30(23)20-11-13-21(31-2)14-12-20)33-16-22-26-28-24(32-22)18-8-4-3-5-9-18/h3-15H,16H2,1-2H3. The van der Waals surface area contributed by atoms with Gasteiger partial charge in [0.05, 0.1) is 12.9 Å². The van der Waals surface area contributed by atoms with Crippen molar-refractivity contribution in [3.63, 3.8) is 0 Å². The van der Waals surface area contributed by atoms with E-state index >= 15 is 0 Å². The summed E-state index contributed by atoms with van der Waals surface area (Å²) in [7, 11) is 1.65. The van der Waals surface area contributed by atoms with Gasteiger partial charge in [-0.2, -0.15) is 0 Å². The fourth-order valence-electron chi connectivity index (χ4n) is 3.43. The Kier molecular flexibility index (Phi) is 5.91. The average molecular weight is 456 g/mol. The van der Waals surface area contributed by atoms with Gasteiger partial charge in [-0.1, -0.05) is 53.7 Å². The lowest BCUT2D eigenvalue weighted by atomic mass is 10.1. The zero-order valence-corrected chi connectivity index (χ0v) is 19.0. The zero-order valence-electron chi connectivity index (χ0n) is 18.2. The molecule has 0 aliphatic rings. The summed E-state index contributed by atoms with van der Waals surface area (Å²) in [5.74, 6) is 3.06. The van der Waals surface area contributed by atoms with E-state index in [0.29, 0.717) is 17.5 Å². The number of methoxy groups -OCH3 is 1. The first-order valence-electron chi connectivity index (χ1n) is 10.4. The summed E-state index contributed by atoms with van der Waals surface area (Å²) < 4.78 is 13.2. The smallest absolute Gasteiger partial charge is 0.247 e. The van der Waals surface area contributed by atoms with E-state index in [9.17, 15) is 0 Å². The van der Waals surface area contributed by atoms with Gasteiger partial charge in [0.1, 0.15) is 5.75 Å². The number of thioether (sulfide) groups is 1. The second-order valence-electron chi connectivity index (χ2n) is 7.36.